The van der Waals surface area contributed by atoms with Gasteiger partial charge in [0, 0.05) is 33.1 Å². The SMILES string of the molecule is c1ccc(-c2ccc3oc4cccc(N(c5ccc(-c6ccc7ccccc7c6)cc5)c5ccc(-c6cccc7c6oc6ccccc67)cc5)c4c3c2)cc1. The third-order valence-corrected chi connectivity index (χ3v) is 10.9. The van der Waals surface area contributed by atoms with Gasteiger partial charge in [-0.3, -0.25) is 0 Å². The molecule has 2 heterocycles. The van der Waals surface area contributed by atoms with Gasteiger partial charge in [-0.2, -0.15) is 0 Å². The Labute approximate surface area is 317 Å². The minimum Gasteiger partial charge on any atom is -0.456 e. The fourth-order valence-corrected chi connectivity index (χ4v) is 8.17. The van der Waals surface area contributed by atoms with E-state index in [1.165, 1.54) is 27.5 Å². The maximum Gasteiger partial charge on any atom is 0.143 e. The first kappa shape index (κ1) is 31.2. The lowest BCUT2D eigenvalue weighted by molar-refractivity contribution is 0.669. The van der Waals surface area contributed by atoms with Crippen LogP contribution in [0.1, 0.15) is 0 Å². The monoisotopic (exact) mass is 703 g/mol. The van der Waals surface area contributed by atoms with E-state index in [2.05, 4.69) is 193 Å². The Morgan fingerprint density at radius 3 is 1.76 bits per heavy atom. The minimum atomic E-state index is 0.851. The van der Waals surface area contributed by atoms with Crippen molar-refractivity contribution in [2.24, 2.45) is 0 Å². The van der Waals surface area contributed by atoms with E-state index in [9.17, 15) is 0 Å². The second-order valence-electron chi connectivity index (χ2n) is 14.1. The van der Waals surface area contributed by atoms with Gasteiger partial charge in [-0.1, -0.05) is 140 Å². The molecule has 0 aliphatic heterocycles. The Kier molecular flexibility index (Phi) is 7.17. The highest BCUT2D eigenvalue weighted by molar-refractivity contribution is 6.14. The van der Waals surface area contributed by atoms with Crippen LogP contribution >= 0.6 is 0 Å². The zero-order chi connectivity index (χ0) is 36.3. The van der Waals surface area contributed by atoms with E-state index in [0.29, 0.717) is 0 Å². The molecule has 3 heteroatoms. The largest absolute Gasteiger partial charge is 0.456 e. The van der Waals surface area contributed by atoms with Gasteiger partial charge in [-0.15, -0.1) is 0 Å². The zero-order valence-electron chi connectivity index (χ0n) is 29.8. The van der Waals surface area contributed by atoms with E-state index in [1.54, 1.807) is 0 Å². The summed E-state index contributed by atoms with van der Waals surface area (Å²) in [4.78, 5) is 2.35. The van der Waals surface area contributed by atoms with Crippen molar-refractivity contribution in [2.75, 3.05) is 4.90 Å². The number of para-hydroxylation sites is 2. The summed E-state index contributed by atoms with van der Waals surface area (Å²) in [7, 11) is 0. The Bertz CT molecular complexity index is 3190. The minimum absolute atomic E-state index is 0.851. The highest BCUT2D eigenvalue weighted by atomic mass is 16.3. The number of hydrogen-bond donors (Lipinski definition) is 0. The fourth-order valence-electron chi connectivity index (χ4n) is 8.17. The predicted molar refractivity (Wildman–Crippen MR) is 229 cm³/mol. The highest BCUT2D eigenvalue weighted by Crippen LogP contribution is 2.45. The molecule has 0 radical (unpaired) electrons. The molecule has 0 N–H and O–H groups in total. The molecule has 0 atom stereocenters. The zero-order valence-corrected chi connectivity index (χ0v) is 29.8. The van der Waals surface area contributed by atoms with Crippen molar-refractivity contribution in [1.82, 2.24) is 0 Å². The van der Waals surface area contributed by atoms with E-state index < -0.39 is 0 Å². The number of furan rings is 2. The fraction of sp³-hybridized carbons (Fsp3) is 0. The molecule has 11 aromatic rings. The topological polar surface area (TPSA) is 29.5 Å². The van der Waals surface area contributed by atoms with Crippen LogP contribution in [0.3, 0.4) is 0 Å². The molecule has 2 aromatic heterocycles. The van der Waals surface area contributed by atoms with Crippen LogP contribution in [0.2, 0.25) is 0 Å². The van der Waals surface area contributed by atoms with E-state index >= 15 is 0 Å². The van der Waals surface area contributed by atoms with Crippen LogP contribution in [0.5, 0.6) is 0 Å². The Morgan fingerprint density at radius 2 is 0.927 bits per heavy atom. The van der Waals surface area contributed by atoms with Gasteiger partial charge >= 0.3 is 0 Å². The molecule has 11 rings (SSSR count). The lowest BCUT2D eigenvalue weighted by atomic mass is 9.99. The molecule has 0 bridgehead atoms. The molecule has 0 aliphatic carbocycles. The van der Waals surface area contributed by atoms with E-state index in [1.807, 2.05) is 12.1 Å². The summed E-state index contributed by atoms with van der Waals surface area (Å²) in [5.41, 5.74) is 13.5. The molecule has 0 saturated heterocycles. The summed E-state index contributed by atoms with van der Waals surface area (Å²) in [5.74, 6) is 0. The number of fused-ring (bicyclic) bond motifs is 7. The van der Waals surface area contributed by atoms with Gasteiger partial charge < -0.3 is 13.7 Å². The average Bonchev–Trinajstić information content (AvgIpc) is 3.83. The molecule has 258 valence electrons. The van der Waals surface area contributed by atoms with Crippen LogP contribution in [0.4, 0.5) is 17.1 Å². The van der Waals surface area contributed by atoms with Gasteiger partial charge in [-0.05, 0) is 99.3 Å². The van der Waals surface area contributed by atoms with Crippen LogP contribution in [-0.4, -0.2) is 0 Å². The third-order valence-electron chi connectivity index (χ3n) is 10.9. The van der Waals surface area contributed by atoms with Crippen molar-refractivity contribution >= 4 is 71.7 Å². The molecule has 55 heavy (non-hydrogen) atoms. The molecular weight excluding hydrogens is 671 g/mol. The molecule has 0 amide bonds. The van der Waals surface area contributed by atoms with Crippen LogP contribution in [0.25, 0.3) is 88.0 Å². The van der Waals surface area contributed by atoms with Crippen molar-refractivity contribution < 1.29 is 8.83 Å². The molecule has 0 saturated carbocycles. The maximum atomic E-state index is 6.52. The Hall–Kier alpha value is -7.36. The van der Waals surface area contributed by atoms with E-state index in [-0.39, 0.29) is 0 Å². The lowest BCUT2D eigenvalue weighted by Crippen LogP contribution is -2.10. The van der Waals surface area contributed by atoms with Gasteiger partial charge in [0.25, 0.3) is 0 Å². The maximum absolute atomic E-state index is 6.52. The third kappa shape index (κ3) is 5.28. The van der Waals surface area contributed by atoms with Crippen molar-refractivity contribution in [2.45, 2.75) is 0 Å². The second kappa shape index (κ2) is 12.6. The van der Waals surface area contributed by atoms with Crippen LogP contribution < -0.4 is 4.90 Å². The van der Waals surface area contributed by atoms with Crippen molar-refractivity contribution in [1.29, 1.82) is 0 Å². The van der Waals surface area contributed by atoms with Crippen LogP contribution in [-0.2, 0) is 0 Å². The molecule has 0 unspecified atom stereocenters. The normalized spacial score (nSPS) is 11.6. The number of benzene rings is 9. The Balaban J connectivity index is 1.07. The van der Waals surface area contributed by atoms with Crippen molar-refractivity contribution in [3.05, 3.63) is 200 Å². The molecule has 9 aromatic carbocycles. The predicted octanol–water partition coefficient (Wildman–Crippen LogP) is 15.1. The van der Waals surface area contributed by atoms with Gasteiger partial charge in [0.2, 0.25) is 0 Å². The summed E-state index contributed by atoms with van der Waals surface area (Å²) in [5, 5.41) is 6.88. The summed E-state index contributed by atoms with van der Waals surface area (Å²) in [6, 6.07) is 71.0. The lowest BCUT2D eigenvalue weighted by Gasteiger charge is -2.26. The Morgan fingerprint density at radius 1 is 0.327 bits per heavy atom. The first-order valence-corrected chi connectivity index (χ1v) is 18.7. The molecule has 3 nitrogen and oxygen atoms in total. The van der Waals surface area contributed by atoms with Gasteiger partial charge in [-0.25, -0.2) is 0 Å². The smallest absolute Gasteiger partial charge is 0.143 e. The number of nitrogens with zero attached hydrogens (tertiary/aromatic N) is 1. The van der Waals surface area contributed by atoms with Crippen molar-refractivity contribution in [3.8, 4) is 33.4 Å². The first-order valence-electron chi connectivity index (χ1n) is 18.7. The quantitative estimate of drug-likeness (QED) is 0.173. The summed E-state index contributed by atoms with van der Waals surface area (Å²) in [6.45, 7) is 0. The van der Waals surface area contributed by atoms with Crippen LogP contribution in [0.15, 0.2) is 209 Å². The van der Waals surface area contributed by atoms with Gasteiger partial charge in [0.1, 0.15) is 22.3 Å². The van der Waals surface area contributed by atoms with Crippen LogP contribution in [0, 0.1) is 0 Å². The molecular formula is C52H33NO2. The molecule has 0 spiro atoms. The summed E-state index contributed by atoms with van der Waals surface area (Å²) in [6.07, 6.45) is 0. The van der Waals surface area contributed by atoms with E-state index in [4.69, 9.17) is 8.83 Å². The van der Waals surface area contributed by atoms with Gasteiger partial charge in [0.15, 0.2) is 0 Å². The molecule has 0 aliphatic rings. The standard InChI is InChI=1S/C52H33NO2/c1-2-10-34(11-3-1)40-26-31-49-46(33-40)51-47(17-9-19-50(51)54-49)53(41-27-22-36(23-28-41)39-21-20-35-12-4-5-13-38(35)32-39)42-29-24-37(25-30-42)43-15-8-16-45-44-14-6-7-18-48(44)55-52(43)45/h1-33H. The van der Waals surface area contributed by atoms with Crippen molar-refractivity contribution in [3.63, 3.8) is 0 Å². The van der Waals surface area contributed by atoms with Gasteiger partial charge in [0.05, 0.1) is 11.1 Å². The number of anilines is 3. The first-order chi connectivity index (χ1) is 27.2. The van der Waals surface area contributed by atoms with E-state index in [0.717, 1.165) is 77.6 Å². The summed E-state index contributed by atoms with van der Waals surface area (Å²) >= 11 is 0. The second-order valence-corrected chi connectivity index (χ2v) is 14.1. The highest BCUT2D eigenvalue weighted by Gasteiger charge is 2.21. The molecule has 0 fully saturated rings. The number of hydrogen-bond acceptors (Lipinski definition) is 3. The average molecular weight is 704 g/mol. The number of rotatable bonds is 6. The summed E-state index contributed by atoms with van der Waals surface area (Å²) < 4.78 is 13.0.